The molecule has 2 rings (SSSR count). The minimum absolute atomic E-state index is 0. The van der Waals surface area contributed by atoms with Gasteiger partial charge < -0.3 is 10.2 Å². The monoisotopic (exact) mass is 405 g/mol. The Bertz CT molecular complexity index is 490. The third-order valence-corrected chi connectivity index (χ3v) is 3.84. The van der Waals surface area contributed by atoms with Gasteiger partial charge in [-0.2, -0.15) is 0 Å². The van der Waals surface area contributed by atoms with Gasteiger partial charge in [-0.1, -0.05) is 19.1 Å². The van der Waals surface area contributed by atoms with Crippen LogP contribution in [0.15, 0.2) is 23.2 Å². The van der Waals surface area contributed by atoms with Crippen molar-refractivity contribution in [3.8, 4) is 0 Å². The molecule has 1 unspecified atom stereocenters. The molecule has 1 aliphatic rings. The van der Waals surface area contributed by atoms with Crippen molar-refractivity contribution in [3.63, 3.8) is 0 Å². The van der Waals surface area contributed by atoms with Crippen LogP contribution in [0.25, 0.3) is 0 Å². The number of hydrogen-bond acceptors (Lipinski definition) is 1. The first kappa shape index (κ1) is 18.2. The van der Waals surface area contributed by atoms with Crippen LogP contribution in [0.3, 0.4) is 0 Å². The minimum atomic E-state index is -0.150. The number of nitrogens with one attached hydrogen (secondary N) is 1. The van der Waals surface area contributed by atoms with E-state index in [1.54, 1.807) is 6.92 Å². The summed E-state index contributed by atoms with van der Waals surface area (Å²) in [5.74, 6) is 1.51. The maximum absolute atomic E-state index is 13.2. The molecule has 1 atom stereocenters. The first-order valence-corrected chi connectivity index (χ1v) is 7.30. The van der Waals surface area contributed by atoms with Crippen molar-refractivity contribution >= 4 is 29.9 Å². The molecule has 0 radical (unpaired) electrons. The molecular formula is C16H25FIN3. The Morgan fingerprint density at radius 2 is 2.24 bits per heavy atom. The number of benzene rings is 1. The Morgan fingerprint density at radius 1 is 1.48 bits per heavy atom. The smallest absolute Gasteiger partial charge is 0.193 e. The van der Waals surface area contributed by atoms with E-state index in [0.717, 1.165) is 30.5 Å². The predicted molar refractivity (Wildman–Crippen MR) is 96.7 cm³/mol. The van der Waals surface area contributed by atoms with E-state index in [0.29, 0.717) is 12.1 Å². The second-order valence-electron chi connectivity index (χ2n) is 5.68. The fraction of sp³-hybridized carbons (Fsp3) is 0.562. The number of rotatable bonds is 2. The van der Waals surface area contributed by atoms with E-state index in [1.807, 2.05) is 19.2 Å². The van der Waals surface area contributed by atoms with Gasteiger partial charge in [-0.3, -0.25) is 4.99 Å². The summed E-state index contributed by atoms with van der Waals surface area (Å²) in [6, 6.07) is 5.23. The second kappa shape index (κ2) is 8.56. The van der Waals surface area contributed by atoms with Crippen molar-refractivity contribution < 1.29 is 4.39 Å². The topological polar surface area (TPSA) is 27.6 Å². The number of piperidine rings is 1. The van der Waals surface area contributed by atoms with Crippen LogP contribution in [-0.2, 0) is 6.54 Å². The largest absolute Gasteiger partial charge is 0.352 e. The molecule has 21 heavy (non-hydrogen) atoms. The lowest BCUT2D eigenvalue weighted by molar-refractivity contribution is 0.266. The molecule has 3 nitrogen and oxygen atoms in total. The quantitative estimate of drug-likeness (QED) is 0.463. The Hall–Kier alpha value is -0.850. The molecule has 118 valence electrons. The number of halogens is 2. The first-order valence-electron chi connectivity index (χ1n) is 7.30. The zero-order valence-electron chi connectivity index (χ0n) is 13.0. The average molecular weight is 405 g/mol. The van der Waals surface area contributed by atoms with Crippen LogP contribution in [0.2, 0.25) is 0 Å². The Balaban J connectivity index is 0.00000220. The summed E-state index contributed by atoms with van der Waals surface area (Å²) in [6.45, 7) is 6.87. The van der Waals surface area contributed by atoms with Gasteiger partial charge in [0.25, 0.3) is 0 Å². The number of aryl methyl sites for hydroxylation is 1. The van der Waals surface area contributed by atoms with E-state index < -0.39 is 0 Å². The van der Waals surface area contributed by atoms with Crippen LogP contribution in [0.4, 0.5) is 4.39 Å². The van der Waals surface area contributed by atoms with Gasteiger partial charge in [-0.15, -0.1) is 24.0 Å². The molecule has 1 fully saturated rings. The SMILES string of the molecule is CN=C(NCc1ccc(F)c(C)c1)N1CCCC(C)C1.I. The Morgan fingerprint density at radius 3 is 2.86 bits per heavy atom. The maximum atomic E-state index is 13.2. The third kappa shape index (κ3) is 5.13. The highest BCUT2D eigenvalue weighted by molar-refractivity contribution is 14.0. The van der Waals surface area contributed by atoms with Gasteiger partial charge in [-0.05, 0) is 42.9 Å². The van der Waals surface area contributed by atoms with E-state index in [-0.39, 0.29) is 29.8 Å². The molecule has 0 aromatic heterocycles. The summed E-state index contributed by atoms with van der Waals surface area (Å²) in [6.07, 6.45) is 2.52. The molecule has 1 saturated heterocycles. The van der Waals surface area contributed by atoms with Gasteiger partial charge >= 0.3 is 0 Å². The van der Waals surface area contributed by atoms with Crippen molar-refractivity contribution in [2.75, 3.05) is 20.1 Å². The number of guanidine groups is 1. The van der Waals surface area contributed by atoms with Crippen LogP contribution < -0.4 is 5.32 Å². The molecule has 0 aliphatic carbocycles. The van der Waals surface area contributed by atoms with E-state index in [9.17, 15) is 4.39 Å². The van der Waals surface area contributed by atoms with E-state index in [1.165, 1.54) is 18.9 Å². The van der Waals surface area contributed by atoms with E-state index >= 15 is 0 Å². The van der Waals surface area contributed by atoms with Crippen molar-refractivity contribution in [2.45, 2.75) is 33.2 Å². The highest BCUT2D eigenvalue weighted by Crippen LogP contribution is 2.15. The normalized spacial score (nSPS) is 19.1. The molecule has 1 aromatic rings. The van der Waals surface area contributed by atoms with Crippen LogP contribution in [0.5, 0.6) is 0 Å². The molecule has 5 heteroatoms. The van der Waals surface area contributed by atoms with Crippen LogP contribution in [-0.4, -0.2) is 31.0 Å². The lowest BCUT2D eigenvalue weighted by Gasteiger charge is -2.33. The molecule has 1 aromatic carbocycles. The zero-order valence-corrected chi connectivity index (χ0v) is 15.4. The number of likely N-dealkylation sites (tertiary alicyclic amines) is 1. The second-order valence-corrected chi connectivity index (χ2v) is 5.68. The first-order chi connectivity index (χ1) is 9.60. The van der Waals surface area contributed by atoms with Gasteiger partial charge in [0.15, 0.2) is 5.96 Å². The van der Waals surface area contributed by atoms with Gasteiger partial charge in [0.1, 0.15) is 5.82 Å². The highest BCUT2D eigenvalue weighted by atomic mass is 127. The summed E-state index contributed by atoms with van der Waals surface area (Å²) in [4.78, 5) is 6.67. The van der Waals surface area contributed by atoms with Crippen molar-refractivity contribution in [1.29, 1.82) is 0 Å². The minimum Gasteiger partial charge on any atom is -0.352 e. The highest BCUT2D eigenvalue weighted by Gasteiger charge is 2.18. The molecular weight excluding hydrogens is 380 g/mol. The number of aliphatic imine (C=N–C) groups is 1. The molecule has 0 spiro atoms. The summed E-state index contributed by atoms with van der Waals surface area (Å²) in [5, 5.41) is 3.38. The summed E-state index contributed by atoms with van der Waals surface area (Å²) < 4.78 is 13.2. The van der Waals surface area contributed by atoms with Crippen molar-refractivity contribution in [1.82, 2.24) is 10.2 Å². The lowest BCUT2D eigenvalue weighted by atomic mass is 10.0. The van der Waals surface area contributed by atoms with Crippen LogP contribution >= 0.6 is 24.0 Å². The third-order valence-electron chi connectivity index (χ3n) is 3.84. The summed E-state index contributed by atoms with van der Waals surface area (Å²) >= 11 is 0. The standard InChI is InChI=1S/C16H24FN3.HI/c1-12-5-4-8-20(11-12)16(18-3)19-10-14-6-7-15(17)13(2)9-14;/h6-7,9,12H,4-5,8,10-11H2,1-3H3,(H,18,19);1H. The number of hydrogen-bond donors (Lipinski definition) is 1. The average Bonchev–Trinajstić information content (AvgIpc) is 2.43. The van der Waals surface area contributed by atoms with Crippen LogP contribution in [0, 0.1) is 18.7 Å². The Kier molecular flexibility index (Phi) is 7.42. The van der Waals surface area contributed by atoms with Crippen LogP contribution in [0.1, 0.15) is 30.9 Å². The fourth-order valence-electron chi connectivity index (χ4n) is 2.71. The molecule has 0 bridgehead atoms. The maximum Gasteiger partial charge on any atom is 0.193 e. The zero-order chi connectivity index (χ0) is 14.5. The van der Waals surface area contributed by atoms with E-state index in [2.05, 4.69) is 22.1 Å². The van der Waals surface area contributed by atoms with Gasteiger partial charge in [-0.25, -0.2) is 4.39 Å². The molecule has 1 N–H and O–H groups in total. The summed E-state index contributed by atoms with van der Waals surface area (Å²) in [5.41, 5.74) is 1.76. The Labute approximate surface area is 144 Å². The summed E-state index contributed by atoms with van der Waals surface area (Å²) in [7, 11) is 1.82. The molecule has 0 amide bonds. The lowest BCUT2D eigenvalue weighted by Crippen LogP contribution is -2.45. The van der Waals surface area contributed by atoms with Gasteiger partial charge in [0.2, 0.25) is 0 Å². The molecule has 1 aliphatic heterocycles. The molecule has 1 heterocycles. The van der Waals surface area contributed by atoms with Crippen molar-refractivity contribution in [3.05, 3.63) is 35.1 Å². The van der Waals surface area contributed by atoms with Crippen molar-refractivity contribution in [2.24, 2.45) is 10.9 Å². The predicted octanol–water partition coefficient (Wildman–Crippen LogP) is 3.56. The van der Waals surface area contributed by atoms with Gasteiger partial charge in [0.05, 0.1) is 0 Å². The molecule has 0 saturated carbocycles. The number of nitrogens with zero attached hydrogens (tertiary/aromatic N) is 2. The fourth-order valence-corrected chi connectivity index (χ4v) is 2.71. The van der Waals surface area contributed by atoms with E-state index in [4.69, 9.17) is 0 Å². The van der Waals surface area contributed by atoms with Gasteiger partial charge in [0, 0.05) is 26.7 Å².